The van der Waals surface area contributed by atoms with Gasteiger partial charge in [0, 0.05) is 40.5 Å². The summed E-state index contributed by atoms with van der Waals surface area (Å²) in [5.41, 5.74) is 0. The minimum absolute atomic E-state index is 0.0119. The van der Waals surface area contributed by atoms with E-state index in [0.717, 1.165) is 0 Å². The first-order chi connectivity index (χ1) is 6.52. The molecule has 0 aromatic rings. The maximum absolute atomic E-state index is 11.1. The molecule has 3 nitrogen and oxygen atoms in total. The van der Waals surface area contributed by atoms with Crippen LogP contribution in [0.25, 0.3) is 0 Å². The lowest BCUT2D eigenvalue weighted by Gasteiger charge is -2.01. The molecule has 0 rings (SSSR count). The van der Waals surface area contributed by atoms with Crippen molar-refractivity contribution in [2.45, 2.75) is 0 Å². The van der Waals surface area contributed by atoms with Crippen molar-refractivity contribution in [3.05, 3.63) is 36.7 Å². The average molecular weight is 194 g/mol. The molecule has 0 N–H and O–H groups in total. The monoisotopic (exact) mass is 194 g/mol. The van der Waals surface area contributed by atoms with E-state index in [0.29, 0.717) is 0 Å². The van der Waals surface area contributed by atoms with Gasteiger partial charge in [0.25, 0.3) is 0 Å². The Bertz CT molecular complexity index is 250. The first-order valence-electron chi connectivity index (χ1n) is 4.42. The smallest absolute Gasteiger partial charge is 0.180 e. The minimum Gasteiger partial charge on any atom is -0.383 e. The number of nitrogens with zero attached hydrogens (tertiary/aromatic N) is 2. The molecule has 78 valence electrons. The van der Waals surface area contributed by atoms with Crippen LogP contribution in [0.2, 0.25) is 0 Å². The highest BCUT2D eigenvalue weighted by molar-refractivity contribution is 5.99. The van der Waals surface area contributed by atoms with E-state index in [2.05, 4.69) is 0 Å². The second-order valence-corrected chi connectivity index (χ2v) is 3.35. The van der Waals surface area contributed by atoms with Crippen molar-refractivity contribution in [3.8, 4) is 0 Å². The zero-order valence-electron chi connectivity index (χ0n) is 9.27. The number of rotatable bonds is 5. The van der Waals surface area contributed by atoms with Crippen molar-refractivity contribution in [2.24, 2.45) is 0 Å². The molecule has 0 spiro atoms. The van der Waals surface area contributed by atoms with Crippen LogP contribution < -0.4 is 0 Å². The summed E-state index contributed by atoms with van der Waals surface area (Å²) >= 11 is 0. The summed E-state index contributed by atoms with van der Waals surface area (Å²) in [5.74, 6) is -0.0119. The molecule has 0 fully saturated rings. The van der Waals surface area contributed by atoms with Gasteiger partial charge in [-0.05, 0) is 18.4 Å². The normalized spacial score (nSPS) is 11.7. The van der Waals surface area contributed by atoms with E-state index in [1.807, 2.05) is 50.3 Å². The Morgan fingerprint density at radius 2 is 1.43 bits per heavy atom. The summed E-state index contributed by atoms with van der Waals surface area (Å²) in [6, 6.07) is 0. The molecule has 0 aromatic heterocycles. The van der Waals surface area contributed by atoms with Crippen LogP contribution >= 0.6 is 0 Å². The lowest BCUT2D eigenvalue weighted by Crippen LogP contribution is -2.01. The van der Waals surface area contributed by atoms with Gasteiger partial charge in [0.05, 0.1) is 0 Å². The maximum atomic E-state index is 11.1. The molecule has 0 aromatic carbocycles. The highest BCUT2D eigenvalue weighted by Gasteiger charge is 1.86. The maximum Gasteiger partial charge on any atom is 0.180 e. The zero-order valence-corrected chi connectivity index (χ0v) is 9.27. The third kappa shape index (κ3) is 8.59. The number of ketones is 1. The summed E-state index contributed by atoms with van der Waals surface area (Å²) in [6.07, 6.45) is 10.2. The van der Waals surface area contributed by atoms with Gasteiger partial charge < -0.3 is 9.80 Å². The summed E-state index contributed by atoms with van der Waals surface area (Å²) in [5, 5.41) is 0. The number of hydrogen-bond donors (Lipinski definition) is 0. The number of carbonyl (C=O) groups excluding carboxylic acids is 1. The lowest BCUT2D eigenvalue weighted by atomic mass is 10.3. The SMILES string of the molecule is CN(C)C=CC=CC(=O)C=CN(C)C. The molecular weight excluding hydrogens is 176 g/mol. The highest BCUT2D eigenvalue weighted by Crippen LogP contribution is 1.85. The fraction of sp³-hybridized carbons (Fsp3) is 0.364. The number of carbonyl (C=O) groups is 1. The Kier molecular flexibility index (Phi) is 6.20. The summed E-state index contributed by atoms with van der Waals surface area (Å²) in [4.78, 5) is 14.9. The molecular formula is C11H18N2O. The van der Waals surface area contributed by atoms with Crippen LogP contribution in [0.4, 0.5) is 0 Å². The standard InChI is InChI=1S/C11H18N2O/c1-12(2)9-6-5-7-11(14)8-10-13(3)4/h5-10H,1-4H3. The van der Waals surface area contributed by atoms with E-state index >= 15 is 0 Å². The molecule has 0 atom stereocenters. The van der Waals surface area contributed by atoms with E-state index in [-0.39, 0.29) is 5.78 Å². The Morgan fingerprint density at radius 3 is 1.93 bits per heavy atom. The third-order valence-corrected chi connectivity index (χ3v) is 1.29. The van der Waals surface area contributed by atoms with Crippen LogP contribution in [0, 0.1) is 0 Å². The van der Waals surface area contributed by atoms with Gasteiger partial charge in [-0.25, -0.2) is 0 Å². The van der Waals surface area contributed by atoms with Crippen molar-refractivity contribution in [3.63, 3.8) is 0 Å². The first-order valence-corrected chi connectivity index (χ1v) is 4.42. The van der Waals surface area contributed by atoms with Gasteiger partial charge in [0.15, 0.2) is 5.78 Å². The van der Waals surface area contributed by atoms with Gasteiger partial charge in [0.2, 0.25) is 0 Å². The van der Waals surface area contributed by atoms with Crippen LogP contribution in [-0.4, -0.2) is 43.8 Å². The Morgan fingerprint density at radius 1 is 0.857 bits per heavy atom. The van der Waals surface area contributed by atoms with Gasteiger partial charge >= 0.3 is 0 Å². The molecule has 0 amide bonds. The average Bonchev–Trinajstić information content (AvgIpc) is 2.08. The van der Waals surface area contributed by atoms with Crippen molar-refractivity contribution < 1.29 is 4.79 Å². The van der Waals surface area contributed by atoms with Crippen LogP contribution in [0.15, 0.2) is 36.7 Å². The third-order valence-electron chi connectivity index (χ3n) is 1.29. The second kappa shape index (κ2) is 6.95. The molecule has 0 saturated heterocycles. The molecule has 0 radical (unpaired) electrons. The molecule has 0 aliphatic rings. The van der Waals surface area contributed by atoms with Gasteiger partial charge in [-0.1, -0.05) is 6.08 Å². The number of allylic oxidation sites excluding steroid dienone is 4. The van der Waals surface area contributed by atoms with E-state index in [1.54, 1.807) is 12.3 Å². The van der Waals surface area contributed by atoms with Gasteiger partial charge in [-0.2, -0.15) is 0 Å². The van der Waals surface area contributed by atoms with Gasteiger partial charge in [-0.3, -0.25) is 4.79 Å². The topological polar surface area (TPSA) is 23.6 Å². The summed E-state index contributed by atoms with van der Waals surface area (Å²) in [7, 11) is 7.61. The largest absolute Gasteiger partial charge is 0.383 e. The Hall–Kier alpha value is -1.51. The first kappa shape index (κ1) is 12.5. The van der Waals surface area contributed by atoms with Crippen LogP contribution in [0.5, 0.6) is 0 Å². The predicted molar refractivity (Wildman–Crippen MR) is 59.8 cm³/mol. The van der Waals surface area contributed by atoms with E-state index < -0.39 is 0 Å². The Labute approximate surface area is 86.0 Å². The summed E-state index contributed by atoms with van der Waals surface area (Å²) in [6.45, 7) is 0. The van der Waals surface area contributed by atoms with Crippen LogP contribution in [0.3, 0.4) is 0 Å². The van der Waals surface area contributed by atoms with E-state index in [9.17, 15) is 4.79 Å². The molecule has 0 saturated carbocycles. The van der Waals surface area contributed by atoms with Gasteiger partial charge in [0.1, 0.15) is 0 Å². The van der Waals surface area contributed by atoms with E-state index in [4.69, 9.17) is 0 Å². The molecule has 3 heteroatoms. The van der Waals surface area contributed by atoms with E-state index in [1.165, 1.54) is 12.2 Å². The van der Waals surface area contributed by atoms with Crippen molar-refractivity contribution in [1.82, 2.24) is 9.80 Å². The molecule has 0 bridgehead atoms. The Balaban J connectivity index is 3.94. The highest BCUT2D eigenvalue weighted by atomic mass is 16.1. The molecule has 0 unspecified atom stereocenters. The summed E-state index contributed by atoms with van der Waals surface area (Å²) < 4.78 is 0. The lowest BCUT2D eigenvalue weighted by molar-refractivity contribution is -0.110. The predicted octanol–water partition coefficient (Wildman–Crippen LogP) is 1.26. The fourth-order valence-electron chi connectivity index (χ4n) is 0.650. The number of hydrogen-bond acceptors (Lipinski definition) is 3. The van der Waals surface area contributed by atoms with Crippen molar-refractivity contribution >= 4 is 5.78 Å². The molecule has 0 aliphatic carbocycles. The fourth-order valence-corrected chi connectivity index (χ4v) is 0.650. The molecule has 0 aliphatic heterocycles. The molecule has 14 heavy (non-hydrogen) atoms. The second-order valence-electron chi connectivity index (χ2n) is 3.35. The van der Waals surface area contributed by atoms with Crippen LogP contribution in [0.1, 0.15) is 0 Å². The van der Waals surface area contributed by atoms with Crippen molar-refractivity contribution in [2.75, 3.05) is 28.2 Å². The minimum atomic E-state index is -0.0119. The quantitative estimate of drug-likeness (QED) is 0.486. The van der Waals surface area contributed by atoms with Crippen molar-refractivity contribution in [1.29, 1.82) is 0 Å². The molecule has 0 heterocycles. The van der Waals surface area contributed by atoms with Crippen LogP contribution in [-0.2, 0) is 4.79 Å². The zero-order chi connectivity index (χ0) is 11.0. The van der Waals surface area contributed by atoms with Gasteiger partial charge in [-0.15, -0.1) is 0 Å².